The molecule has 0 saturated carbocycles. The molecule has 6 nitrogen and oxygen atoms in total. The van der Waals surface area contributed by atoms with Gasteiger partial charge in [-0.05, 0) is 48.5 Å². The van der Waals surface area contributed by atoms with Gasteiger partial charge in [0.2, 0.25) is 0 Å². The van der Waals surface area contributed by atoms with E-state index in [1.165, 1.54) is 6.21 Å². The summed E-state index contributed by atoms with van der Waals surface area (Å²) >= 11 is 0. The number of amides is 2. The Hall–Kier alpha value is -3.67. The Bertz CT molecular complexity index is 870. The van der Waals surface area contributed by atoms with Crippen molar-refractivity contribution in [3.05, 3.63) is 89.7 Å². The smallest absolute Gasteiger partial charge is 0.271 e. The summed E-state index contributed by atoms with van der Waals surface area (Å²) in [5.74, 6) is -0.530. The van der Waals surface area contributed by atoms with Crippen LogP contribution in [-0.2, 0) is 0 Å². The van der Waals surface area contributed by atoms with Crippen LogP contribution >= 0.6 is 0 Å². The Morgan fingerprint density at radius 1 is 0.840 bits per heavy atom. The minimum absolute atomic E-state index is 0.201. The molecule has 3 aromatic rings. The first-order valence-corrected chi connectivity index (χ1v) is 7.65. The van der Waals surface area contributed by atoms with Gasteiger partial charge in [-0.2, -0.15) is 5.10 Å². The molecule has 0 aliphatic carbocycles. The molecule has 0 spiro atoms. The number of anilines is 1. The molecule has 0 radical (unpaired) electrons. The molecule has 0 fully saturated rings. The van der Waals surface area contributed by atoms with Crippen LogP contribution in [0.1, 0.15) is 26.4 Å². The molecule has 0 saturated heterocycles. The molecule has 2 amide bonds. The third kappa shape index (κ3) is 4.42. The highest BCUT2D eigenvalue weighted by molar-refractivity contribution is 6.04. The Kier molecular flexibility index (Phi) is 5.01. The number of carbonyl (C=O) groups is 2. The van der Waals surface area contributed by atoms with Crippen molar-refractivity contribution in [3.63, 3.8) is 0 Å². The number of carbonyl (C=O) groups excluding carboxylic acids is 2. The first kappa shape index (κ1) is 16.2. The third-order valence-electron chi connectivity index (χ3n) is 3.43. The number of benzene rings is 2. The second-order valence-corrected chi connectivity index (χ2v) is 5.22. The number of nitrogens with one attached hydrogen (secondary N) is 3. The molecule has 1 aromatic heterocycles. The number of hydrogen-bond acceptors (Lipinski definition) is 3. The first-order chi connectivity index (χ1) is 12.2. The topological polar surface area (TPSA) is 86.3 Å². The van der Waals surface area contributed by atoms with Gasteiger partial charge in [-0.25, -0.2) is 5.43 Å². The molecule has 6 heteroatoms. The normalized spacial score (nSPS) is 10.6. The lowest BCUT2D eigenvalue weighted by Crippen LogP contribution is -2.17. The van der Waals surface area contributed by atoms with Crippen LogP contribution in [0.2, 0.25) is 0 Å². The molecule has 0 aliphatic rings. The van der Waals surface area contributed by atoms with E-state index in [4.69, 9.17) is 0 Å². The number of hydrazone groups is 1. The average molecular weight is 332 g/mol. The van der Waals surface area contributed by atoms with E-state index in [2.05, 4.69) is 20.8 Å². The minimum atomic E-state index is -0.330. The fourth-order valence-electron chi connectivity index (χ4n) is 2.15. The summed E-state index contributed by atoms with van der Waals surface area (Å²) in [5, 5.41) is 6.66. The van der Waals surface area contributed by atoms with Crippen molar-refractivity contribution in [2.75, 3.05) is 5.32 Å². The summed E-state index contributed by atoms with van der Waals surface area (Å²) < 4.78 is 0. The maximum Gasteiger partial charge on any atom is 0.271 e. The predicted molar refractivity (Wildman–Crippen MR) is 96.7 cm³/mol. The molecule has 0 bridgehead atoms. The van der Waals surface area contributed by atoms with E-state index in [1.54, 1.807) is 54.7 Å². The van der Waals surface area contributed by atoms with Crippen LogP contribution in [0.4, 0.5) is 5.69 Å². The van der Waals surface area contributed by atoms with Crippen LogP contribution in [0.25, 0.3) is 0 Å². The number of rotatable bonds is 5. The van der Waals surface area contributed by atoms with Gasteiger partial charge in [0.1, 0.15) is 0 Å². The Morgan fingerprint density at radius 3 is 2.24 bits per heavy atom. The van der Waals surface area contributed by atoms with Gasteiger partial charge in [-0.3, -0.25) is 9.59 Å². The molecule has 124 valence electrons. The molecule has 25 heavy (non-hydrogen) atoms. The van der Waals surface area contributed by atoms with Crippen LogP contribution in [0.5, 0.6) is 0 Å². The first-order valence-electron chi connectivity index (χ1n) is 7.65. The maximum absolute atomic E-state index is 12.1. The summed E-state index contributed by atoms with van der Waals surface area (Å²) in [6.45, 7) is 0. The van der Waals surface area contributed by atoms with Crippen molar-refractivity contribution in [1.29, 1.82) is 0 Å². The van der Waals surface area contributed by atoms with Gasteiger partial charge in [0.05, 0.1) is 11.9 Å². The lowest BCUT2D eigenvalue weighted by molar-refractivity contribution is 0.0954. The van der Waals surface area contributed by atoms with Crippen LogP contribution in [0.3, 0.4) is 0 Å². The monoisotopic (exact) mass is 332 g/mol. The van der Waals surface area contributed by atoms with Crippen LogP contribution < -0.4 is 10.7 Å². The van der Waals surface area contributed by atoms with Crippen LogP contribution in [0, 0.1) is 0 Å². The van der Waals surface area contributed by atoms with Crippen molar-refractivity contribution in [2.45, 2.75) is 0 Å². The summed E-state index contributed by atoms with van der Waals surface area (Å²) in [6.07, 6.45) is 3.29. The van der Waals surface area contributed by atoms with Crippen molar-refractivity contribution in [1.82, 2.24) is 10.4 Å². The average Bonchev–Trinajstić information content (AvgIpc) is 3.16. The minimum Gasteiger partial charge on any atom is -0.360 e. The van der Waals surface area contributed by atoms with E-state index in [0.29, 0.717) is 16.8 Å². The predicted octanol–water partition coefficient (Wildman–Crippen LogP) is 3.03. The number of H-pyrrole nitrogens is 1. The van der Waals surface area contributed by atoms with Crippen LogP contribution in [-0.4, -0.2) is 23.0 Å². The summed E-state index contributed by atoms with van der Waals surface area (Å²) in [4.78, 5) is 27.0. The van der Waals surface area contributed by atoms with Gasteiger partial charge in [0.15, 0.2) is 0 Å². The van der Waals surface area contributed by atoms with Gasteiger partial charge in [0, 0.05) is 23.0 Å². The van der Waals surface area contributed by atoms with E-state index in [-0.39, 0.29) is 11.8 Å². The number of aromatic amines is 1. The van der Waals surface area contributed by atoms with Gasteiger partial charge in [-0.15, -0.1) is 0 Å². The molecule has 0 atom stereocenters. The lowest BCUT2D eigenvalue weighted by atomic mass is 10.2. The Labute approximate surface area is 144 Å². The van der Waals surface area contributed by atoms with E-state index >= 15 is 0 Å². The van der Waals surface area contributed by atoms with E-state index in [9.17, 15) is 9.59 Å². The number of aromatic nitrogens is 1. The fourth-order valence-corrected chi connectivity index (χ4v) is 2.15. The zero-order chi connectivity index (χ0) is 17.5. The van der Waals surface area contributed by atoms with Crippen molar-refractivity contribution in [3.8, 4) is 0 Å². The van der Waals surface area contributed by atoms with Crippen molar-refractivity contribution in [2.24, 2.45) is 5.10 Å². The molecule has 3 rings (SSSR count). The molecule has 0 unspecified atom stereocenters. The van der Waals surface area contributed by atoms with Gasteiger partial charge < -0.3 is 10.3 Å². The van der Waals surface area contributed by atoms with E-state index < -0.39 is 0 Å². The largest absolute Gasteiger partial charge is 0.360 e. The Balaban J connectivity index is 1.58. The highest BCUT2D eigenvalue weighted by Gasteiger charge is 2.07. The van der Waals surface area contributed by atoms with E-state index in [0.717, 1.165) is 5.69 Å². The quantitative estimate of drug-likeness (QED) is 0.495. The number of hydrogen-bond donors (Lipinski definition) is 3. The molecule has 2 aromatic carbocycles. The molecular weight excluding hydrogens is 316 g/mol. The Morgan fingerprint density at radius 2 is 1.56 bits per heavy atom. The fraction of sp³-hybridized carbons (Fsp3) is 0. The second kappa shape index (κ2) is 7.74. The summed E-state index contributed by atoms with van der Waals surface area (Å²) in [6, 6.07) is 19.2. The van der Waals surface area contributed by atoms with E-state index in [1.807, 2.05) is 18.2 Å². The maximum atomic E-state index is 12.1. The summed E-state index contributed by atoms with van der Waals surface area (Å²) in [5.41, 5.74) is 4.87. The third-order valence-corrected chi connectivity index (χ3v) is 3.43. The van der Waals surface area contributed by atoms with Gasteiger partial charge in [-0.1, -0.05) is 18.2 Å². The second-order valence-electron chi connectivity index (χ2n) is 5.22. The van der Waals surface area contributed by atoms with Crippen molar-refractivity contribution >= 4 is 23.7 Å². The molecule has 1 heterocycles. The lowest BCUT2D eigenvalue weighted by Gasteiger charge is -2.06. The van der Waals surface area contributed by atoms with Gasteiger partial charge in [0.25, 0.3) is 11.8 Å². The molecule has 3 N–H and O–H groups in total. The number of nitrogens with zero attached hydrogens (tertiary/aromatic N) is 1. The SMILES string of the molecule is O=C(N/N=C/c1ccc[nH]1)c1ccc(NC(=O)c2ccccc2)cc1. The molecular formula is C19H16N4O2. The zero-order valence-electron chi connectivity index (χ0n) is 13.3. The van der Waals surface area contributed by atoms with Crippen LogP contribution in [0.15, 0.2) is 78.0 Å². The molecule has 0 aliphatic heterocycles. The van der Waals surface area contributed by atoms with Gasteiger partial charge >= 0.3 is 0 Å². The zero-order valence-corrected chi connectivity index (χ0v) is 13.3. The summed E-state index contributed by atoms with van der Waals surface area (Å²) in [7, 11) is 0. The highest BCUT2D eigenvalue weighted by Crippen LogP contribution is 2.11. The van der Waals surface area contributed by atoms with Crippen molar-refractivity contribution < 1.29 is 9.59 Å². The highest BCUT2D eigenvalue weighted by atomic mass is 16.2. The standard InChI is InChI=1S/C19H16N4O2/c24-18(14-5-2-1-3-6-14)22-16-10-8-15(9-11-16)19(25)23-21-13-17-7-4-12-20-17/h1-13,20H,(H,22,24)(H,23,25)/b21-13+.